The monoisotopic (exact) mass is 383 g/mol. The Morgan fingerprint density at radius 1 is 1.11 bits per heavy atom. The van der Waals surface area contributed by atoms with Gasteiger partial charge in [0.25, 0.3) is 5.91 Å². The van der Waals surface area contributed by atoms with Crippen LogP contribution >= 0.6 is 0 Å². The molecule has 9 heteroatoms. The fraction of sp³-hybridized carbons (Fsp3) is 0.263. The van der Waals surface area contributed by atoms with E-state index in [-0.39, 0.29) is 11.5 Å². The van der Waals surface area contributed by atoms with E-state index in [0.717, 1.165) is 11.1 Å². The van der Waals surface area contributed by atoms with Crippen LogP contribution in [0.4, 0.5) is 4.39 Å². The number of amides is 1. The molecule has 0 spiro atoms. The lowest BCUT2D eigenvalue weighted by molar-refractivity contribution is 0.0733. The van der Waals surface area contributed by atoms with Crippen molar-refractivity contribution in [1.29, 1.82) is 0 Å². The average molecular weight is 383 g/mol. The van der Waals surface area contributed by atoms with Gasteiger partial charge in [-0.2, -0.15) is 4.68 Å². The Labute approximate surface area is 160 Å². The van der Waals surface area contributed by atoms with Crippen LogP contribution in [0.2, 0.25) is 0 Å². The van der Waals surface area contributed by atoms with Crippen LogP contribution in [0.5, 0.6) is 11.5 Å². The highest BCUT2D eigenvalue weighted by Gasteiger charge is 2.26. The van der Waals surface area contributed by atoms with E-state index in [4.69, 9.17) is 9.47 Å². The average Bonchev–Trinajstić information content (AvgIpc) is 3.26. The van der Waals surface area contributed by atoms with Crippen LogP contribution in [0.15, 0.2) is 36.7 Å². The number of rotatable bonds is 4. The maximum absolute atomic E-state index is 13.9. The van der Waals surface area contributed by atoms with E-state index in [9.17, 15) is 9.18 Å². The normalized spacial score (nSPS) is 13.2. The van der Waals surface area contributed by atoms with E-state index >= 15 is 0 Å². The van der Waals surface area contributed by atoms with Gasteiger partial charge in [-0.15, -0.1) is 5.10 Å². The molecule has 1 aliphatic heterocycles. The molecule has 2 heterocycles. The Hall–Kier alpha value is -3.49. The second kappa shape index (κ2) is 7.26. The van der Waals surface area contributed by atoms with Crippen molar-refractivity contribution in [3.63, 3.8) is 0 Å². The summed E-state index contributed by atoms with van der Waals surface area (Å²) in [6, 6.07) is 7.79. The molecule has 2 aromatic carbocycles. The summed E-state index contributed by atoms with van der Waals surface area (Å²) >= 11 is 0. The molecule has 1 aliphatic rings. The molecule has 0 aliphatic carbocycles. The summed E-state index contributed by atoms with van der Waals surface area (Å²) in [5, 5.41) is 11.0. The van der Waals surface area contributed by atoms with E-state index in [1.165, 1.54) is 29.2 Å². The number of halogens is 1. The van der Waals surface area contributed by atoms with Crippen molar-refractivity contribution >= 4 is 5.91 Å². The number of ether oxygens (including phenoxy) is 2. The molecule has 0 fully saturated rings. The summed E-state index contributed by atoms with van der Waals surface area (Å²) in [6.07, 6.45) is 2.03. The van der Waals surface area contributed by atoms with Crippen LogP contribution in [0.25, 0.3) is 5.69 Å². The van der Waals surface area contributed by atoms with Gasteiger partial charge in [-0.1, -0.05) is 0 Å². The number of carbonyl (C=O) groups is 1. The maximum Gasteiger partial charge on any atom is 0.256 e. The topological polar surface area (TPSA) is 82.4 Å². The Morgan fingerprint density at radius 2 is 1.86 bits per heavy atom. The maximum atomic E-state index is 13.9. The SMILES string of the molecule is COc1cc2c(cc1OC)CN(C(=O)c1cc(F)ccc1-n1cnnn1)CC2. The Kier molecular flexibility index (Phi) is 4.64. The minimum Gasteiger partial charge on any atom is -0.493 e. The summed E-state index contributed by atoms with van der Waals surface area (Å²) in [5.41, 5.74) is 2.70. The van der Waals surface area contributed by atoms with Crippen LogP contribution in [-0.4, -0.2) is 51.8 Å². The lowest BCUT2D eigenvalue weighted by Gasteiger charge is -2.30. The molecular weight excluding hydrogens is 365 g/mol. The van der Waals surface area contributed by atoms with Gasteiger partial charge in [-0.05, 0) is 58.3 Å². The number of hydrogen-bond donors (Lipinski definition) is 0. The lowest BCUT2D eigenvalue weighted by Crippen LogP contribution is -2.36. The van der Waals surface area contributed by atoms with E-state index in [1.54, 1.807) is 19.1 Å². The van der Waals surface area contributed by atoms with Crippen LogP contribution in [-0.2, 0) is 13.0 Å². The zero-order chi connectivity index (χ0) is 19.7. The van der Waals surface area contributed by atoms with Gasteiger partial charge in [-0.25, -0.2) is 4.39 Å². The predicted octanol–water partition coefficient (Wildman–Crippen LogP) is 2.02. The third kappa shape index (κ3) is 3.15. The zero-order valence-corrected chi connectivity index (χ0v) is 15.4. The van der Waals surface area contributed by atoms with Gasteiger partial charge in [0.15, 0.2) is 11.5 Å². The van der Waals surface area contributed by atoms with Gasteiger partial charge >= 0.3 is 0 Å². The van der Waals surface area contributed by atoms with Crippen molar-refractivity contribution in [2.24, 2.45) is 0 Å². The molecule has 0 saturated heterocycles. The molecule has 28 heavy (non-hydrogen) atoms. The second-order valence-electron chi connectivity index (χ2n) is 6.37. The van der Waals surface area contributed by atoms with Crippen LogP contribution in [0.1, 0.15) is 21.5 Å². The number of methoxy groups -OCH3 is 2. The van der Waals surface area contributed by atoms with E-state index in [2.05, 4.69) is 15.5 Å². The largest absolute Gasteiger partial charge is 0.493 e. The second-order valence-corrected chi connectivity index (χ2v) is 6.37. The number of tetrazole rings is 1. The van der Waals surface area contributed by atoms with Gasteiger partial charge < -0.3 is 14.4 Å². The van der Waals surface area contributed by atoms with Gasteiger partial charge in [0, 0.05) is 13.1 Å². The first-order valence-electron chi connectivity index (χ1n) is 8.66. The molecule has 4 rings (SSSR count). The number of carbonyl (C=O) groups excluding carboxylic acids is 1. The van der Waals surface area contributed by atoms with E-state index in [0.29, 0.717) is 36.7 Å². The predicted molar refractivity (Wildman–Crippen MR) is 97.1 cm³/mol. The number of fused-ring (bicyclic) bond motifs is 1. The molecule has 0 bridgehead atoms. The van der Waals surface area contributed by atoms with Crippen molar-refractivity contribution in [2.45, 2.75) is 13.0 Å². The molecule has 8 nitrogen and oxygen atoms in total. The fourth-order valence-corrected chi connectivity index (χ4v) is 3.38. The molecule has 144 valence electrons. The molecule has 0 saturated carbocycles. The van der Waals surface area contributed by atoms with Crippen LogP contribution in [0.3, 0.4) is 0 Å². The molecular formula is C19H18FN5O3. The number of benzene rings is 2. The summed E-state index contributed by atoms with van der Waals surface area (Å²) in [4.78, 5) is 14.9. The first-order valence-corrected chi connectivity index (χ1v) is 8.66. The molecule has 0 unspecified atom stereocenters. The Balaban J connectivity index is 1.67. The van der Waals surface area contributed by atoms with Crippen molar-refractivity contribution in [1.82, 2.24) is 25.1 Å². The highest BCUT2D eigenvalue weighted by molar-refractivity contribution is 5.98. The molecule has 0 atom stereocenters. The molecule has 1 aromatic heterocycles. The zero-order valence-electron chi connectivity index (χ0n) is 15.4. The smallest absolute Gasteiger partial charge is 0.256 e. The summed E-state index contributed by atoms with van der Waals surface area (Å²) in [6.45, 7) is 0.896. The van der Waals surface area contributed by atoms with Crippen LogP contribution < -0.4 is 9.47 Å². The Bertz CT molecular complexity index is 1020. The highest BCUT2D eigenvalue weighted by atomic mass is 19.1. The Morgan fingerprint density at radius 3 is 2.54 bits per heavy atom. The van der Waals surface area contributed by atoms with E-state index < -0.39 is 5.82 Å². The minimum atomic E-state index is -0.496. The van der Waals surface area contributed by atoms with Crippen molar-refractivity contribution in [3.8, 4) is 17.2 Å². The number of nitrogens with zero attached hydrogens (tertiary/aromatic N) is 5. The molecule has 0 N–H and O–H groups in total. The first kappa shape index (κ1) is 17.9. The first-order chi connectivity index (χ1) is 13.6. The van der Waals surface area contributed by atoms with Crippen molar-refractivity contribution in [2.75, 3.05) is 20.8 Å². The molecule has 0 radical (unpaired) electrons. The van der Waals surface area contributed by atoms with Crippen molar-refractivity contribution in [3.05, 3.63) is 59.2 Å². The van der Waals surface area contributed by atoms with Gasteiger partial charge in [0.1, 0.15) is 12.1 Å². The third-order valence-corrected chi connectivity index (χ3v) is 4.79. The van der Waals surface area contributed by atoms with Gasteiger partial charge in [0.2, 0.25) is 0 Å². The van der Waals surface area contributed by atoms with Crippen LogP contribution in [0, 0.1) is 5.82 Å². The quantitative estimate of drug-likeness (QED) is 0.686. The van der Waals surface area contributed by atoms with Crippen molar-refractivity contribution < 1.29 is 18.7 Å². The lowest BCUT2D eigenvalue weighted by atomic mass is 9.98. The summed E-state index contributed by atoms with van der Waals surface area (Å²) < 4.78 is 25.9. The molecule has 1 amide bonds. The highest BCUT2D eigenvalue weighted by Crippen LogP contribution is 2.33. The number of aromatic nitrogens is 4. The third-order valence-electron chi connectivity index (χ3n) is 4.79. The summed E-state index contributed by atoms with van der Waals surface area (Å²) in [7, 11) is 3.16. The van der Waals surface area contributed by atoms with Gasteiger partial charge in [0.05, 0.1) is 25.5 Å². The number of hydrogen-bond acceptors (Lipinski definition) is 6. The van der Waals surface area contributed by atoms with Gasteiger partial charge in [-0.3, -0.25) is 4.79 Å². The fourth-order valence-electron chi connectivity index (χ4n) is 3.38. The summed E-state index contributed by atoms with van der Waals surface area (Å²) in [5.74, 6) is 0.484. The standard InChI is InChI=1S/C19H18FN5O3/c1-27-17-7-12-5-6-24(10-13(12)8-18(17)28-2)19(26)15-9-14(20)3-4-16(15)25-11-21-22-23-25/h3-4,7-9,11H,5-6,10H2,1-2H3. The molecule has 3 aromatic rings. The minimum absolute atomic E-state index is 0.205. The van der Waals surface area contributed by atoms with E-state index in [1.807, 2.05) is 12.1 Å².